The maximum Gasteiger partial charge on any atom is 0.255 e. The fraction of sp³-hybridized carbons (Fsp3) is 0.600. The van der Waals surface area contributed by atoms with Crippen LogP contribution in [0.2, 0.25) is 0 Å². The third-order valence-electron chi connectivity index (χ3n) is 2.81. The summed E-state index contributed by atoms with van der Waals surface area (Å²) in [5.74, 6) is 0.836. The van der Waals surface area contributed by atoms with Crippen molar-refractivity contribution in [3.63, 3.8) is 0 Å². The zero-order valence-corrected chi connectivity index (χ0v) is 8.55. The molecular weight excluding hydrogens is 178 g/mol. The van der Waals surface area contributed by atoms with Crippen LogP contribution in [0.3, 0.4) is 0 Å². The predicted octanol–water partition coefficient (Wildman–Crippen LogP) is 0.541. The molecule has 0 bridgehead atoms. The van der Waals surface area contributed by atoms with Gasteiger partial charge in [0.05, 0.1) is 0 Å². The molecule has 1 saturated carbocycles. The average Bonchev–Trinajstić information content (AvgIpc) is 2.89. The third kappa shape index (κ3) is 1.57. The van der Waals surface area contributed by atoms with Gasteiger partial charge in [0.15, 0.2) is 0 Å². The van der Waals surface area contributed by atoms with Crippen molar-refractivity contribution in [2.45, 2.75) is 31.7 Å². The van der Waals surface area contributed by atoms with Gasteiger partial charge in [-0.05, 0) is 19.9 Å². The molecule has 1 fully saturated rings. The Kier molecular flexibility index (Phi) is 2.15. The molecule has 1 aliphatic rings. The Hall–Kier alpha value is -1.16. The number of aromatic amines is 1. The van der Waals surface area contributed by atoms with Gasteiger partial charge in [-0.2, -0.15) is 0 Å². The summed E-state index contributed by atoms with van der Waals surface area (Å²) in [4.78, 5) is 18.7. The van der Waals surface area contributed by atoms with Gasteiger partial charge in [0.25, 0.3) is 5.56 Å². The SMILES string of the molecule is CNCc1cnc(C2(C)CC2)[nH]c1=O. The van der Waals surface area contributed by atoms with Crippen LogP contribution in [0, 0.1) is 0 Å². The van der Waals surface area contributed by atoms with Gasteiger partial charge in [-0.1, -0.05) is 6.92 Å². The second-order valence-corrected chi connectivity index (χ2v) is 4.18. The molecule has 1 aromatic rings. The lowest BCUT2D eigenvalue weighted by atomic mass is 10.1. The normalized spacial score (nSPS) is 18.1. The lowest BCUT2D eigenvalue weighted by molar-refractivity contribution is 0.690. The first-order valence-corrected chi connectivity index (χ1v) is 4.89. The minimum Gasteiger partial charge on any atom is -0.315 e. The molecule has 1 aromatic heterocycles. The molecule has 0 amide bonds. The first-order chi connectivity index (χ1) is 6.65. The molecule has 14 heavy (non-hydrogen) atoms. The highest BCUT2D eigenvalue weighted by molar-refractivity contribution is 5.17. The van der Waals surface area contributed by atoms with Crippen molar-refractivity contribution in [2.75, 3.05) is 7.05 Å². The quantitative estimate of drug-likeness (QED) is 0.736. The van der Waals surface area contributed by atoms with Gasteiger partial charge in [-0.15, -0.1) is 0 Å². The van der Waals surface area contributed by atoms with E-state index in [1.165, 1.54) is 0 Å². The van der Waals surface area contributed by atoms with E-state index in [9.17, 15) is 4.79 Å². The Morgan fingerprint density at radius 2 is 2.36 bits per heavy atom. The molecule has 0 spiro atoms. The van der Waals surface area contributed by atoms with Crippen LogP contribution >= 0.6 is 0 Å². The second kappa shape index (κ2) is 3.20. The van der Waals surface area contributed by atoms with Gasteiger partial charge in [-0.25, -0.2) is 4.98 Å². The molecule has 1 aliphatic carbocycles. The summed E-state index contributed by atoms with van der Waals surface area (Å²) in [5.41, 5.74) is 0.815. The first-order valence-electron chi connectivity index (χ1n) is 4.89. The number of aromatic nitrogens is 2. The average molecular weight is 193 g/mol. The van der Waals surface area contributed by atoms with Crippen LogP contribution in [-0.4, -0.2) is 17.0 Å². The van der Waals surface area contributed by atoms with Crippen LogP contribution < -0.4 is 10.9 Å². The van der Waals surface area contributed by atoms with Crippen LogP contribution in [0.1, 0.15) is 31.2 Å². The van der Waals surface area contributed by atoms with Crippen LogP contribution in [0.5, 0.6) is 0 Å². The molecule has 4 heteroatoms. The topological polar surface area (TPSA) is 57.8 Å². The molecule has 2 rings (SSSR count). The monoisotopic (exact) mass is 193 g/mol. The maximum atomic E-state index is 11.6. The molecule has 0 unspecified atom stereocenters. The number of rotatable bonds is 3. The molecule has 0 saturated heterocycles. The summed E-state index contributed by atoms with van der Waals surface area (Å²) >= 11 is 0. The van der Waals surface area contributed by atoms with Crippen molar-refractivity contribution >= 4 is 0 Å². The van der Waals surface area contributed by atoms with E-state index in [1.807, 2.05) is 7.05 Å². The largest absolute Gasteiger partial charge is 0.315 e. The van der Waals surface area contributed by atoms with E-state index in [0.29, 0.717) is 12.1 Å². The predicted molar refractivity (Wildman–Crippen MR) is 54.2 cm³/mol. The molecule has 0 atom stereocenters. The Labute approximate surface area is 82.8 Å². The van der Waals surface area contributed by atoms with Crippen LogP contribution in [0.15, 0.2) is 11.0 Å². The van der Waals surface area contributed by atoms with Crippen molar-refractivity contribution < 1.29 is 0 Å². The number of hydrogen-bond acceptors (Lipinski definition) is 3. The summed E-state index contributed by atoms with van der Waals surface area (Å²) in [6.45, 7) is 2.70. The summed E-state index contributed by atoms with van der Waals surface area (Å²) in [6, 6.07) is 0. The van der Waals surface area contributed by atoms with Gasteiger partial charge >= 0.3 is 0 Å². The summed E-state index contributed by atoms with van der Waals surface area (Å²) in [6.07, 6.45) is 3.93. The summed E-state index contributed by atoms with van der Waals surface area (Å²) < 4.78 is 0. The number of nitrogens with one attached hydrogen (secondary N) is 2. The van der Waals surface area contributed by atoms with Gasteiger partial charge < -0.3 is 10.3 Å². The number of nitrogens with zero attached hydrogens (tertiary/aromatic N) is 1. The highest BCUT2D eigenvalue weighted by Crippen LogP contribution is 2.45. The third-order valence-corrected chi connectivity index (χ3v) is 2.81. The zero-order valence-electron chi connectivity index (χ0n) is 8.55. The minimum absolute atomic E-state index is 0.0162. The molecule has 76 valence electrons. The Balaban J connectivity index is 2.31. The van der Waals surface area contributed by atoms with Gasteiger partial charge in [0, 0.05) is 23.7 Å². The van der Waals surface area contributed by atoms with E-state index in [2.05, 4.69) is 22.2 Å². The van der Waals surface area contributed by atoms with Crippen LogP contribution in [0.25, 0.3) is 0 Å². The molecule has 2 N–H and O–H groups in total. The zero-order chi connectivity index (χ0) is 10.2. The molecule has 1 heterocycles. The summed E-state index contributed by atoms with van der Waals surface area (Å²) in [5, 5.41) is 2.94. The van der Waals surface area contributed by atoms with Crippen LogP contribution in [0.4, 0.5) is 0 Å². The molecule has 0 aliphatic heterocycles. The number of hydrogen-bond donors (Lipinski definition) is 2. The van der Waals surface area contributed by atoms with Crippen molar-refractivity contribution in [3.8, 4) is 0 Å². The fourth-order valence-electron chi connectivity index (χ4n) is 1.47. The van der Waals surface area contributed by atoms with E-state index in [4.69, 9.17) is 0 Å². The molecule has 4 nitrogen and oxygen atoms in total. The lowest BCUT2D eigenvalue weighted by Gasteiger charge is -2.07. The van der Waals surface area contributed by atoms with E-state index < -0.39 is 0 Å². The highest BCUT2D eigenvalue weighted by atomic mass is 16.1. The standard InChI is InChI=1S/C10H15N3O/c1-10(3-4-10)9-12-6-7(5-11-2)8(14)13-9/h6,11H,3-5H2,1-2H3,(H,12,13,14). The van der Waals surface area contributed by atoms with Crippen molar-refractivity contribution in [2.24, 2.45) is 0 Å². The highest BCUT2D eigenvalue weighted by Gasteiger charge is 2.41. The van der Waals surface area contributed by atoms with Gasteiger partial charge in [0.2, 0.25) is 0 Å². The van der Waals surface area contributed by atoms with E-state index in [-0.39, 0.29) is 11.0 Å². The lowest BCUT2D eigenvalue weighted by Crippen LogP contribution is -2.22. The van der Waals surface area contributed by atoms with Crippen molar-refractivity contribution in [3.05, 3.63) is 27.9 Å². The first kappa shape index (κ1) is 9.40. The smallest absolute Gasteiger partial charge is 0.255 e. The minimum atomic E-state index is -0.0162. The molecule has 0 radical (unpaired) electrons. The van der Waals surface area contributed by atoms with E-state index in [0.717, 1.165) is 18.7 Å². The Morgan fingerprint density at radius 1 is 1.64 bits per heavy atom. The van der Waals surface area contributed by atoms with Crippen molar-refractivity contribution in [1.82, 2.24) is 15.3 Å². The van der Waals surface area contributed by atoms with E-state index >= 15 is 0 Å². The van der Waals surface area contributed by atoms with Crippen molar-refractivity contribution in [1.29, 1.82) is 0 Å². The molecule has 0 aromatic carbocycles. The fourth-order valence-corrected chi connectivity index (χ4v) is 1.47. The van der Waals surface area contributed by atoms with E-state index in [1.54, 1.807) is 6.20 Å². The number of H-pyrrole nitrogens is 1. The maximum absolute atomic E-state index is 11.6. The Morgan fingerprint density at radius 3 is 2.86 bits per heavy atom. The van der Waals surface area contributed by atoms with Crippen LogP contribution in [-0.2, 0) is 12.0 Å². The molecular formula is C10H15N3O. The van der Waals surface area contributed by atoms with Gasteiger partial charge in [-0.3, -0.25) is 4.79 Å². The summed E-state index contributed by atoms with van der Waals surface area (Å²) in [7, 11) is 1.82. The second-order valence-electron chi connectivity index (χ2n) is 4.18. The van der Waals surface area contributed by atoms with Gasteiger partial charge in [0.1, 0.15) is 5.82 Å². The Bertz CT molecular complexity index is 393.